The normalized spacial score (nSPS) is 11.3. The smallest absolute Gasteiger partial charge is 0.231 e. The van der Waals surface area contributed by atoms with Crippen molar-refractivity contribution in [3.63, 3.8) is 0 Å². The number of thiocarbonyl (C=S) groups is 1. The molecule has 6 nitrogen and oxygen atoms in total. The highest BCUT2D eigenvalue weighted by molar-refractivity contribution is 7.80. The van der Waals surface area contributed by atoms with Gasteiger partial charge in [-0.1, -0.05) is 39.0 Å². The maximum atomic E-state index is 12.0. The number of rotatable bonds is 2. The number of hydrogen-bond donors (Lipinski definition) is 2. The van der Waals surface area contributed by atoms with E-state index in [4.69, 9.17) is 12.2 Å². The molecule has 0 fully saturated rings. The molecule has 1 amide bonds. The van der Waals surface area contributed by atoms with Gasteiger partial charge >= 0.3 is 0 Å². The monoisotopic (exact) mass is 353 g/mol. The summed E-state index contributed by atoms with van der Waals surface area (Å²) in [5.41, 5.74) is 2.64. The van der Waals surface area contributed by atoms with E-state index in [-0.39, 0.29) is 11.0 Å². The summed E-state index contributed by atoms with van der Waals surface area (Å²) in [6, 6.07) is 15.3. The maximum Gasteiger partial charge on any atom is 0.231 e. The minimum Gasteiger partial charge on any atom is -0.332 e. The molecule has 25 heavy (non-hydrogen) atoms. The Morgan fingerprint density at radius 2 is 1.72 bits per heavy atom. The van der Waals surface area contributed by atoms with Crippen LogP contribution in [0.25, 0.3) is 16.7 Å². The molecule has 0 bridgehead atoms. The van der Waals surface area contributed by atoms with Gasteiger partial charge in [-0.15, -0.1) is 10.2 Å². The third-order valence-corrected chi connectivity index (χ3v) is 3.74. The highest BCUT2D eigenvalue weighted by Gasteiger charge is 2.22. The minimum atomic E-state index is -0.506. The van der Waals surface area contributed by atoms with E-state index in [1.165, 1.54) is 0 Å². The van der Waals surface area contributed by atoms with Crippen LogP contribution >= 0.6 is 12.2 Å². The molecule has 0 saturated heterocycles. The van der Waals surface area contributed by atoms with Crippen molar-refractivity contribution in [2.24, 2.45) is 5.41 Å². The first kappa shape index (κ1) is 17.0. The van der Waals surface area contributed by atoms with E-state index in [0.717, 1.165) is 22.4 Å². The van der Waals surface area contributed by atoms with Gasteiger partial charge in [-0.2, -0.15) is 4.80 Å². The third kappa shape index (κ3) is 4.00. The highest BCUT2D eigenvalue weighted by Crippen LogP contribution is 2.18. The molecule has 0 saturated carbocycles. The van der Waals surface area contributed by atoms with Gasteiger partial charge in [0, 0.05) is 11.1 Å². The molecule has 7 heteroatoms. The third-order valence-electron chi connectivity index (χ3n) is 3.53. The van der Waals surface area contributed by atoms with Crippen molar-refractivity contribution in [3.8, 4) is 5.69 Å². The van der Waals surface area contributed by atoms with Crippen molar-refractivity contribution >= 4 is 40.0 Å². The Morgan fingerprint density at radius 3 is 2.40 bits per heavy atom. The molecule has 3 rings (SSSR count). The predicted octanol–water partition coefficient (Wildman–Crippen LogP) is 3.28. The molecular weight excluding hydrogens is 334 g/mol. The molecule has 0 unspecified atom stereocenters. The molecular formula is C18H19N5OS. The Bertz CT molecular complexity index is 928. The number of benzene rings is 2. The van der Waals surface area contributed by atoms with Crippen molar-refractivity contribution in [3.05, 3.63) is 48.5 Å². The number of amides is 1. The summed E-state index contributed by atoms with van der Waals surface area (Å²) < 4.78 is 0. The van der Waals surface area contributed by atoms with Crippen LogP contribution in [0, 0.1) is 5.41 Å². The van der Waals surface area contributed by atoms with Crippen molar-refractivity contribution in [1.82, 2.24) is 20.3 Å². The second-order valence-corrected chi connectivity index (χ2v) is 7.09. The van der Waals surface area contributed by atoms with Gasteiger partial charge in [-0.05, 0) is 42.5 Å². The standard InChI is InChI=1S/C18H19N5OS/c1-18(2,3)16(24)20-17(25)19-12-9-10-14-15(11-12)22-23(21-14)13-7-5-4-6-8-13/h4-11H,1-3H3,(H2,19,20,24,25). The fourth-order valence-electron chi connectivity index (χ4n) is 2.12. The number of para-hydroxylation sites is 1. The molecule has 0 atom stereocenters. The van der Waals surface area contributed by atoms with E-state index < -0.39 is 5.41 Å². The van der Waals surface area contributed by atoms with Gasteiger partial charge < -0.3 is 10.6 Å². The van der Waals surface area contributed by atoms with Crippen molar-refractivity contribution in [2.75, 3.05) is 5.32 Å². The van der Waals surface area contributed by atoms with E-state index >= 15 is 0 Å². The fourth-order valence-corrected chi connectivity index (χ4v) is 2.33. The fraction of sp³-hybridized carbons (Fsp3) is 0.222. The lowest BCUT2D eigenvalue weighted by atomic mass is 9.96. The number of carbonyl (C=O) groups excluding carboxylic acids is 1. The van der Waals surface area contributed by atoms with E-state index in [1.807, 2.05) is 69.3 Å². The highest BCUT2D eigenvalue weighted by atomic mass is 32.1. The van der Waals surface area contributed by atoms with Gasteiger partial charge in [-0.25, -0.2) is 0 Å². The van der Waals surface area contributed by atoms with Crippen LogP contribution in [-0.2, 0) is 4.79 Å². The molecule has 0 aliphatic rings. The Kier molecular flexibility index (Phi) is 4.50. The zero-order valence-electron chi connectivity index (χ0n) is 14.3. The van der Waals surface area contributed by atoms with Crippen LogP contribution in [0.1, 0.15) is 20.8 Å². The number of fused-ring (bicyclic) bond motifs is 1. The van der Waals surface area contributed by atoms with Gasteiger partial charge in [-0.3, -0.25) is 4.79 Å². The molecule has 128 valence electrons. The summed E-state index contributed by atoms with van der Waals surface area (Å²) in [5, 5.41) is 14.9. The Morgan fingerprint density at radius 1 is 1.04 bits per heavy atom. The van der Waals surface area contributed by atoms with Crippen LogP contribution in [0.15, 0.2) is 48.5 Å². The number of nitrogens with zero attached hydrogens (tertiary/aromatic N) is 3. The second-order valence-electron chi connectivity index (χ2n) is 6.69. The molecule has 0 aliphatic carbocycles. The Balaban J connectivity index is 1.77. The largest absolute Gasteiger partial charge is 0.332 e. The lowest BCUT2D eigenvalue weighted by Crippen LogP contribution is -2.41. The van der Waals surface area contributed by atoms with Crippen LogP contribution in [0.5, 0.6) is 0 Å². The lowest BCUT2D eigenvalue weighted by molar-refractivity contribution is -0.126. The maximum absolute atomic E-state index is 12.0. The number of carbonyl (C=O) groups is 1. The number of aromatic nitrogens is 3. The average Bonchev–Trinajstić information content (AvgIpc) is 2.98. The van der Waals surface area contributed by atoms with E-state index in [0.29, 0.717) is 0 Å². The zero-order valence-corrected chi connectivity index (χ0v) is 15.1. The SMILES string of the molecule is CC(C)(C)C(=O)NC(=S)Nc1ccc2nn(-c3ccccc3)nc2c1. The summed E-state index contributed by atoms with van der Waals surface area (Å²) >= 11 is 5.20. The molecule has 0 spiro atoms. The van der Waals surface area contributed by atoms with Gasteiger partial charge in [0.15, 0.2) is 5.11 Å². The van der Waals surface area contributed by atoms with Gasteiger partial charge in [0.1, 0.15) is 11.0 Å². The lowest BCUT2D eigenvalue weighted by Gasteiger charge is -2.18. The van der Waals surface area contributed by atoms with Crippen LogP contribution in [0.2, 0.25) is 0 Å². The quantitative estimate of drug-likeness (QED) is 0.692. The van der Waals surface area contributed by atoms with Crippen LogP contribution in [0.4, 0.5) is 5.69 Å². The summed E-state index contributed by atoms with van der Waals surface area (Å²) in [6.45, 7) is 5.50. The van der Waals surface area contributed by atoms with Crippen LogP contribution in [-0.4, -0.2) is 26.0 Å². The zero-order chi connectivity index (χ0) is 18.0. The predicted molar refractivity (Wildman–Crippen MR) is 103 cm³/mol. The van der Waals surface area contributed by atoms with Crippen LogP contribution in [0.3, 0.4) is 0 Å². The first-order valence-corrected chi connectivity index (χ1v) is 8.29. The second kappa shape index (κ2) is 6.60. The van der Waals surface area contributed by atoms with Gasteiger partial charge in [0.2, 0.25) is 5.91 Å². The minimum absolute atomic E-state index is 0.138. The molecule has 2 aromatic carbocycles. The molecule has 3 aromatic rings. The van der Waals surface area contributed by atoms with E-state index in [1.54, 1.807) is 4.80 Å². The van der Waals surface area contributed by atoms with E-state index in [9.17, 15) is 4.79 Å². The average molecular weight is 353 g/mol. The molecule has 1 aromatic heterocycles. The molecule has 1 heterocycles. The first-order chi connectivity index (χ1) is 11.8. The number of nitrogens with one attached hydrogen (secondary N) is 2. The van der Waals surface area contributed by atoms with Crippen LogP contribution < -0.4 is 10.6 Å². The van der Waals surface area contributed by atoms with Crippen molar-refractivity contribution in [2.45, 2.75) is 20.8 Å². The summed E-state index contributed by atoms with van der Waals surface area (Å²) in [4.78, 5) is 13.6. The Labute approximate surface area is 151 Å². The Hall–Kier alpha value is -2.80. The van der Waals surface area contributed by atoms with Gasteiger partial charge in [0.05, 0.1) is 5.69 Å². The molecule has 0 radical (unpaired) electrons. The van der Waals surface area contributed by atoms with Crippen molar-refractivity contribution < 1.29 is 4.79 Å². The topological polar surface area (TPSA) is 71.8 Å². The summed E-state index contributed by atoms with van der Waals surface area (Å²) in [7, 11) is 0. The number of hydrogen-bond acceptors (Lipinski definition) is 4. The first-order valence-electron chi connectivity index (χ1n) is 7.88. The number of anilines is 1. The van der Waals surface area contributed by atoms with E-state index in [2.05, 4.69) is 20.8 Å². The molecule has 2 N–H and O–H groups in total. The van der Waals surface area contributed by atoms with Gasteiger partial charge in [0.25, 0.3) is 0 Å². The summed E-state index contributed by atoms with van der Waals surface area (Å²) in [5.74, 6) is -0.138. The summed E-state index contributed by atoms with van der Waals surface area (Å²) in [6.07, 6.45) is 0. The van der Waals surface area contributed by atoms with Crippen molar-refractivity contribution in [1.29, 1.82) is 0 Å². The molecule has 0 aliphatic heterocycles.